The molecule has 6 aromatic heterocycles. The van der Waals surface area contributed by atoms with Crippen molar-refractivity contribution in [1.82, 2.24) is 9.97 Å². The predicted molar refractivity (Wildman–Crippen MR) is 499 cm³/mol. The van der Waals surface area contributed by atoms with Gasteiger partial charge >= 0.3 is 27.9 Å². The quantitative estimate of drug-likeness (QED) is 0.141. The predicted octanol–water partition coefficient (Wildman–Crippen LogP) is 22.4. The molecule has 18 nitrogen and oxygen atoms in total. The van der Waals surface area contributed by atoms with E-state index in [1.54, 1.807) is 0 Å². The number of allylic oxidation sites excluding steroid dienone is 4. The minimum atomic E-state index is -2.22. The SMILES string of the molecule is CC1=Cc2c(oc3ccccc23)N(C)B1N1c2ccccc2N(c2ccccc2)[C@@H]1C.CC1=Cc2c(oc3ccccc23)N(C)B1N1c2cccnc2N(c2ccccc2)[C@@H]1C.CC1=Cc2c(oc3ccccc23)N(C)B1N1c2ncccc2N(c2ccccc2)[C@@H]1C.[2H]C([2H])([2H])N1c2ccccc2N(B2C(C)=Cc3c(oc4ccccc34)N2C)[C@H]1C. The second-order valence-electron chi connectivity index (χ2n) is 32.1. The molecule has 8 aliphatic heterocycles. The molecule has 0 radical (unpaired) electrons. The smallest absolute Gasteiger partial charge is 0.411 e. The Morgan fingerprint density at radius 1 is 0.286 bits per heavy atom. The first-order valence-electron chi connectivity index (χ1n) is 42.5. The summed E-state index contributed by atoms with van der Waals surface area (Å²) in [4.78, 5) is 36.6. The fourth-order valence-corrected chi connectivity index (χ4v) is 19.8. The van der Waals surface area contributed by atoms with Crippen LogP contribution in [0.25, 0.3) is 68.2 Å². The summed E-state index contributed by atoms with van der Waals surface area (Å²) < 4.78 is 49.3. The average molecular weight is 1560 g/mol. The Morgan fingerprint density at radius 3 is 0.983 bits per heavy atom. The number of anilines is 15. The number of nitrogens with zero attached hydrogens (tertiary/aromatic N) is 14. The lowest BCUT2D eigenvalue weighted by Crippen LogP contribution is -2.58. The summed E-state index contributed by atoms with van der Waals surface area (Å²) in [5.41, 5.74) is 23.1. The fraction of sp³-hybridized carbons (Fsp3) is 0.175. The maximum atomic E-state index is 8.07. The average Bonchev–Trinajstić information content (AvgIpc) is 1.56. The molecule has 4 atom stereocenters. The van der Waals surface area contributed by atoms with Crippen molar-refractivity contribution in [2.45, 2.75) is 80.1 Å². The van der Waals surface area contributed by atoms with Crippen molar-refractivity contribution in [3.63, 3.8) is 0 Å². The Balaban J connectivity index is 0.000000104. The Morgan fingerprint density at radius 2 is 0.571 bits per heavy atom. The fourth-order valence-electron chi connectivity index (χ4n) is 19.8. The van der Waals surface area contributed by atoms with Gasteiger partial charge in [-0.25, -0.2) is 9.97 Å². The second kappa shape index (κ2) is 29.5. The van der Waals surface area contributed by atoms with Gasteiger partial charge < -0.3 is 75.8 Å². The zero-order valence-corrected chi connectivity index (χ0v) is 68.8. The second-order valence-corrected chi connectivity index (χ2v) is 32.1. The van der Waals surface area contributed by atoms with Gasteiger partial charge in [-0.15, -0.1) is 0 Å². The van der Waals surface area contributed by atoms with E-state index in [2.05, 4.69) is 311 Å². The molecule has 15 aromatic rings. The van der Waals surface area contributed by atoms with Gasteiger partial charge in [0.2, 0.25) is 0 Å². The van der Waals surface area contributed by atoms with Crippen molar-refractivity contribution < 1.29 is 21.8 Å². The van der Waals surface area contributed by atoms with Crippen LogP contribution < -0.4 is 58.1 Å². The van der Waals surface area contributed by atoms with Crippen LogP contribution in [0, 0.1) is 0 Å². The molecule has 14 heterocycles. The van der Waals surface area contributed by atoms with E-state index < -0.39 is 6.98 Å². The zero-order chi connectivity index (χ0) is 83.8. The number of benzene rings is 9. The van der Waals surface area contributed by atoms with Crippen LogP contribution >= 0.6 is 0 Å². The van der Waals surface area contributed by atoms with Gasteiger partial charge in [-0.05, 0) is 193 Å². The van der Waals surface area contributed by atoms with Crippen LogP contribution in [0.1, 0.15) is 81.8 Å². The number of aromatic nitrogens is 2. The number of pyridine rings is 2. The molecule has 0 saturated carbocycles. The third kappa shape index (κ3) is 11.9. The molecule has 0 spiro atoms. The van der Waals surface area contributed by atoms with Crippen LogP contribution in [0.15, 0.2) is 313 Å². The number of para-hydroxylation sites is 11. The number of hydrogen-bond acceptors (Lipinski definition) is 18. The molecule has 586 valence electrons. The van der Waals surface area contributed by atoms with Crippen molar-refractivity contribution in [1.29, 1.82) is 0 Å². The molecule has 8 aliphatic rings. The molecule has 119 heavy (non-hydrogen) atoms. The minimum Gasteiger partial charge on any atom is -0.441 e. The van der Waals surface area contributed by atoms with Crippen LogP contribution in [0.2, 0.25) is 0 Å². The van der Waals surface area contributed by atoms with Crippen LogP contribution in [0.4, 0.5) is 86.4 Å². The van der Waals surface area contributed by atoms with Crippen molar-refractivity contribution in [3.05, 3.63) is 317 Å². The van der Waals surface area contributed by atoms with E-state index >= 15 is 0 Å². The highest BCUT2D eigenvalue weighted by atomic mass is 16.4. The van der Waals surface area contributed by atoms with Gasteiger partial charge in [-0.2, -0.15) is 0 Å². The highest BCUT2D eigenvalue weighted by Crippen LogP contribution is 2.53. The van der Waals surface area contributed by atoms with Crippen LogP contribution in [-0.2, 0) is 0 Å². The Bertz CT molecular complexity index is 6190. The van der Waals surface area contributed by atoms with Gasteiger partial charge in [0.05, 0.1) is 58.8 Å². The minimum absolute atomic E-state index is 0.00502. The van der Waals surface area contributed by atoms with Gasteiger partial charge in [-0.3, -0.25) is 0 Å². The summed E-state index contributed by atoms with van der Waals surface area (Å²) in [5.74, 6) is 5.52. The lowest BCUT2D eigenvalue weighted by Gasteiger charge is -2.40. The highest BCUT2D eigenvalue weighted by Gasteiger charge is 2.51. The Labute approximate surface area is 700 Å². The van der Waals surface area contributed by atoms with E-state index in [1.165, 1.54) is 49.3 Å². The molecule has 0 unspecified atom stereocenters. The molecule has 0 fully saturated rings. The molecular weight excluding hydrogens is 1470 g/mol. The van der Waals surface area contributed by atoms with Gasteiger partial charge in [0.1, 0.15) is 28.1 Å². The van der Waals surface area contributed by atoms with Crippen molar-refractivity contribution in [2.75, 3.05) is 93.3 Å². The van der Waals surface area contributed by atoms with E-state index in [0.29, 0.717) is 0 Å². The Hall–Kier alpha value is -13.7. The number of furan rings is 4. The maximum absolute atomic E-state index is 8.07. The first-order valence-corrected chi connectivity index (χ1v) is 41.0. The van der Waals surface area contributed by atoms with Crippen LogP contribution in [-0.4, -0.2) is 97.7 Å². The summed E-state index contributed by atoms with van der Waals surface area (Å²) in [6, 6.07) is 89.2. The summed E-state index contributed by atoms with van der Waals surface area (Å²) in [6.45, 7) is 15.2. The van der Waals surface area contributed by atoms with Gasteiger partial charge in [0, 0.05) is 84.3 Å². The van der Waals surface area contributed by atoms with E-state index in [0.717, 1.165) is 130 Å². The van der Waals surface area contributed by atoms with Gasteiger partial charge in [0.25, 0.3) is 0 Å². The first kappa shape index (κ1) is 70.7. The van der Waals surface area contributed by atoms with E-state index in [4.69, 9.17) is 31.7 Å². The lowest BCUT2D eigenvalue weighted by atomic mass is 9.61. The number of hydrogen-bond donors (Lipinski definition) is 0. The van der Waals surface area contributed by atoms with Crippen molar-refractivity contribution in [2.24, 2.45) is 0 Å². The van der Waals surface area contributed by atoms with E-state index in [-0.39, 0.29) is 52.6 Å². The van der Waals surface area contributed by atoms with Crippen molar-refractivity contribution >= 4 is 182 Å². The van der Waals surface area contributed by atoms with Gasteiger partial charge in [-0.1, -0.05) is 198 Å². The Kier molecular flexibility index (Phi) is 17.5. The topological polar surface area (TPSA) is 117 Å². The van der Waals surface area contributed by atoms with Crippen LogP contribution in [0.5, 0.6) is 0 Å². The third-order valence-electron chi connectivity index (χ3n) is 25.0. The number of rotatable bonds is 7. The lowest BCUT2D eigenvalue weighted by molar-refractivity contribution is 0.616. The first-order chi connectivity index (χ1) is 59.2. The molecule has 0 saturated heterocycles. The summed E-state index contributed by atoms with van der Waals surface area (Å²) in [7, 11) is 8.39. The summed E-state index contributed by atoms with van der Waals surface area (Å²) in [6.07, 6.45) is 12.8. The molecule has 0 aliphatic carbocycles. The van der Waals surface area contributed by atoms with E-state index in [1.807, 2.05) is 123 Å². The van der Waals surface area contributed by atoms with Gasteiger partial charge in [0.15, 0.2) is 29.4 Å². The summed E-state index contributed by atoms with van der Waals surface area (Å²) in [5, 5.41) is 4.57. The molecule has 23 rings (SSSR count). The van der Waals surface area contributed by atoms with E-state index in [9.17, 15) is 0 Å². The summed E-state index contributed by atoms with van der Waals surface area (Å²) >= 11 is 0. The molecule has 22 heteroatoms. The standard InChI is InChI=1S/C26H24BN3O.2C25H23BN4O.C21H22BN3O/c1-18-17-22-21-13-7-10-16-25(21)31-26(22)28(3)27(18)30-19(2)29(20-11-5-4-6-12-20)23-14-8-9-15-24(23)30;1-17-16-21-20-12-7-8-14-23(20)31-25(21)28(3)26(17)30-18(2)29(19-10-5-4-6-11-19)24-22(30)13-9-15-27-24;1-17-16-21-20-12-7-8-14-23(20)31-25(21)28(3)26(17)30-18(2)29(19-10-5-4-6-11-19)22-13-9-15-27-24(22)30;1-14-13-17-16-9-5-8-12-20(16)26-21(17)24(4)22(14)25-15(2)23(3)18-10-6-7-11-19(18)25/h4-17,19H,1-3H3;2*4-16,18H,1-3H3;5-13,15H,1-4H3/t19-;2*18-;15-/m0000/s1/i;;;3D3. The van der Waals surface area contributed by atoms with Crippen molar-refractivity contribution in [3.8, 4) is 0 Å². The number of fused-ring (bicyclic) bond motifs is 16. The normalized spacial score (nSPS) is 18.5. The highest BCUT2D eigenvalue weighted by molar-refractivity contribution is 6.78. The maximum Gasteiger partial charge on any atom is 0.411 e. The molecule has 0 amide bonds. The van der Waals surface area contributed by atoms with Crippen LogP contribution in [0.3, 0.4) is 0 Å². The zero-order valence-electron chi connectivity index (χ0n) is 71.8. The molecule has 0 N–H and O–H groups in total. The third-order valence-corrected chi connectivity index (χ3v) is 25.0. The molecular formula is C97H92B4N14O4. The largest absolute Gasteiger partial charge is 0.441 e. The molecule has 9 aromatic carbocycles. The monoisotopic (exact) mass is 1560 g/mol. The molecule has 0 bridgehead atoms.